The van der Waals surface area contributed by atoms with Crippen LogP contribution in [0.5, 0.6) is 0 Å². The average Bonchev–Trinajstić information content (AvgIpc) is 1.89. The molecule has 0 amide bonds. The Bertz CT molecular complexity index is 120. The van der Waals surface area contributed by atoms with Crippen molar-refractivity contribution in [2.45, 2.75) is 12.1 Å². The fraction of sp³-hybridized carbons (Fsp3) is 0.667. The molecular weight excluding hydrogens is 361 g/mol. The van der Waals surface area contributed by atoms with Gasteiger partial charge in [-0.25, -0.2) is 8.78 Å². The first-order chi connectivity index (χ1) is 5.19. The monoisotopic (exact) mass is 360 g/mol. The third-order valence-corrected chi connectivity index (χ3v) is 0.593. The molecule has 0 aliphatic rings. The van der Waals surface area contributed by atoms with Crippen molar-refractivity contribution in [3.05, 3.63) is 6.43 Å². The van der Waals surface area contributed by atoms with E-state index in [4.69, 9.17) is 0 Å². The Morgan fingerprint density at radius 1 is 0.917 bits per heavy atom. The van der Waals surface area contributed by atoms with E-state index >= 15 is 0 Å². The van der Waals surface area contributed by atoms with Gasteiger partial charge < -0.3 is 8.78 Å². The summed E-state index contributed by atoms with van der Waals surface area (Å²) < 4.78 is 76.3. The van der Waals surface area contributed by atoms with Gasteiger partial charge in [-0.2, -0.15) is 13.2 Å². The van der Waals surface area contributed by atoms with Crippen molar-refractivity contribution in [1.82, 2.24) is 0 Å². The van der Waals surface area contributed by atoms with Crippen LogP contribution in [-0.2, 0) is 14.8 Å². The summed E-state index contributed by atoms with van der Waals surface area (Å²) >= 11 is 3.62. The summed E-state index contributed by atoms with van der Waals surface area (Å²) in [6.07, 6.45) is -10.1. The summed E-state index contributed by atoms with van der Waals surface area (Å²) in [6.45, 7) is 0. The van der Waals surface area contributed by atoms with Crippen LogP contribution in [0.1, 0.15) is 0 Å². The van der Waals surface area contributed by atoms with Crippen LogP contribution >= 0.6 is 19.8 Å². The quantitative estimate of drug-likeness (QED) is 0.290. The SMILES string of the molecule is F[C-](F)C(F)(F)C(F)(F)F.[Zn+][I]. The van der Waals surface area contributed by atoms with Crippen molar-refractivity contribution in [3.8, 4) is 0 Å². The van der Waals surface area contributed by atoms with Crippen molar-refractivity contribution >= 4 is 19.8 Å². The number of alkyl halides is 5. The molecule has 0 aromatic carbocycles. The van der Waals surface area contributed by atoms with Gasteiger partial charge in [-0.1, -0.05) is 0 Å². The fourth-order valence-corrected chi connectivity index (χ4v) is 0.107. The second-order valence-electron chi connectivity index (χ2n) is 1.33. The van der Waals surface area contributed by atoms with Crippen molar-refractivity contribution in [2.75, 3.05) is 0 Å². The van der Waals surface area contributed by atoms with Gasteiger partial charge in [0.25, 0.3) is 5.92 Å². The van der Waals surface area contributed by atoms with Crippen LogP contribution in [0.4, 0.5) is 30.7 Å². The van der Waals surface area contributed by atoms with Gasteiger partial charge in [-0.15, -0.1) is 0 Å². The Kier molecular flexibility index (Phi) is 7.11. The summed E-state index contributed by atoms with van der Waals surface area (Å²) in [5, 5.41) is 0. The minimum absolute atomic E-state index is 1.34. The summed E-state index contributed by atoms with van der Waals surface area (Å²) in [5.41, 5.74) is 0. The summed E-state index contributed by atoms with van der Waals surface area (Å²) in [7, 11) is 0. The molecule has 0 radical (unpaired) electrons. The van der Waals surface area contributed by atoms with Crippen molar-refractivity contribution in [3.63, 3.8) is 0 Å². The van der Waals surface area contributed by atoms with E-state index in [2.05, 4.69) is 19.8 Å². The molecule has 0 atom stereocenters. The van der Waals surface area contributed by atoms with Crippen molar-refractivity contribution in [1.29, 1.82) is 0 Å². The van der Waals surface area contributed by atoms with E-state index in [9.17, 15) is 30.7 Å². The van der Waals surface area contributed by atoms with E-state index in [1.54, 1.807) is 0 Å². The molecule has 9 heteroatoms. The van der Waals surface area contributed by atoms with E-state index in [1.807, 2.05) is 0 Å². The van der Waals surface area contributed by atoms with Gasteiger partial charge in [0.05, 0.1) is 6.43 Å². The Morgan fingerprint density at radius 3 is 1.17 bits per heavy atom. The average molecular weight is 361 g/mol. The summed E-state index contributed by atoms with van der Waals surface area (Å²) in [4.78, 5) is 0. The van der Waals surface area contributed by atoms with Gasteiger partial charge in [0.1, 0.15) is 0 Å². The molecule has 0 N–H and O–H groups in total. The molecule has 0 aliphatic carbocycles. The zero-order chi connectivity index (χ0) is 10.6. The molecule has 0 rings (SSSR count). The van der Waals surface area contributed by atoms with Crippen LogP contribution in [0.15, 0.2) is 0 Å². The Hall–Kier alpha value is 0.863. The normalized spacial score (nSPS) is 12.6. The number of hydrogen-bond donors (Lipinski definition) is 0. The van der Waals surface area contributed by atoms with Crippen LogP contribution in [0, 0.1) is 6.43 Å². The van der Waals surface area contributed by atoms with Crippen LogP contribution in [0.2, 0.25) is 0 Å². The van der Waals surface area contributed by atoms with Crippen LogP contribution < -0.4 is 0 Å². The van der Waals surface area contributed by atoms with Gasteiger partial charge in [0.2, 0.25) is 0 Å². The fourth-order valence-electron chi connectivity index (χ4n) is 0.107. The van der Waals surface area contributed by atoms with Gasteiger partial charge in [-0.3, -0.25) is 0 Å². The van der Waals surface area contributed by atoms with Crippen molar-refractivity contribution < 1.29 is 45.5 Å². The number of rotatable bonds is 1. The second-order valence-corrected chi connectivity index (χ2v) is 1.33. The van der Waals surface area contributed by atoms with E-state index in [0.717, 1.165) is 0 Å². The zero-order valence-electron chi connectivity index (χ0n) is 5.23. The molecule has 0 fully saturated rings. The van der Waals surface area contributed by atoms with E-state index in [1.165, 1.54) is 14.8 Å². The molecule has 70 valence electrons. The topological polar surface area (TPSA) is 0 Å². The first-order valence-corrected chi connectivity index (χ1v) is 11.1. The minimum atomic E-state index is -6.20. The molecule has 0 aliphatic heterocycles. The standard InChI is InChI=1S/C3F7.HI.Zn/c4-1(5)2(6,7)3(8,9)10;;/h;1H;/q-1;;+2/p-1. The summed E-state index contributed by atoms with van der Waals surface area (Å²) in [6, 6.07) is 0. The molecule has 0 saturated carbocycles. The zero-order valence-corrected chi connectivity index (χ0v) is 10.4. The van der Waals surface area contributed by atoms with E-state index in [0.29, 0.717) is 0 Å². The molecule has 0 aromatic heterocycles. The molecular formula is C3F7IZn. The first-order valence-electron chi connectivity index (χ1n) is 2.09. The Morgan fingerprint density at radius 2 is 1.17 bits per heavy atom. The summed E-state index contributed by atoms with van der Waals surface area (Å²) in [5.74, 6) is -5.98. The van der Waals surface area contributed by atoms with Gasteiger partial charge in [-0.05, 0) is 0 Å². The van der Waals surface area contributed by atoms with E-state index in [-0.39, 0.29) is 0 Å². The molecule has 0 unspecified atom stereocenters. The maximum absolute atomic E-state index is 11.1. The predicted molar refractivity (Wildman–Crippen MR) is 30.5 cm³/mol. The number of halogens is 8. The van der Waals surface area contributed by atoms with Gasteiger partial charge in [0, 0.05) is 0 Å². The van der Waals surface area contributed by atoms with Gasteiger partial charge >= 0.3 is 40.7 Å². The second kappa shape index (κ2) is 5.56. The predicted octanol–water partition coefficient (Wildman–Crippen LogP) is 3.50. The third kappa shape index (κ3) is 4.20. The van der Waals surface area contributed by atoms with E-state index < -0.39 is 18.5 Å². The number of hydrogen-bond acceptors (Lipinski definition) is 0. The first kappa shape index (κ1) is 15.3. The molecule has 0 spiro atoms. The maximum atomic E-state index is 11.1. The van der Waals surface area contributed by atoms with Crippen LogP contribution in [0.25, 0.3) is 0 Å². The molecule has 0 aromatic rings. The Labute approximate surface area is 83.7 Å². The van der Waals surface area contributed by atoms with Gasteiger partial charge in [0.15, 0.2) is 0 Å². The Balaban J connectivity index is 0. The molecule has 0 nitrogen and oxygen atoms in total. The van der Waals surface area contributed by atoms with Crippen LogP contribution in [-0.4, -0.2) is 12.1 Å². The molecule has 12 heavy (non-hydrogen) atoms. The molecule has 0 heterocycles. The van der Waals surface area contributed by atoms with Crippen LogP contribution in [0.3, 0.4) is 0 Å². The molecule has 0 saturated heterocycles. The third-order valence-electron chi connectivity index (χ3n) is 0.593. The molecule has 0 bridgehead atoms. The van der Waals surface area contributed by atoms with Crippen molar-refractivity contribution in [2.24, 2.45) is 0 Å².